The third-order valence-electron chi connectivity index (χ3n) is 3.49. The number of hydrogen-bond acceptors (Lipinski definition) is 3. The molecule has 1 unspecified atom stereocenters. The van der Waals surface area contributed by atoms with E-state index in [0.717, 1.165) is 25.0 Å². The molecule has 1 atom stereocenters. The topological polar surface area (TPSA) is 66.8 Å². The molecule has 2 rings (SSSR count). The fourth-order valence-corrected chi connectivity index (χ4v) is 2.33. The molecule has 1 aliphatic carbocycles. The fraction of sp³-hybridized carbons (Fsp3) is 0.467. The lowest BCUT2D eigenvalue weighted by Gasteiger charge is -2.26. The molecule has 23 heavy (non-hydrogen) atoms. The molecule has 1 amide bonds. The molecule has 1 aromatic carbocycles. The van der Waals surface area contributed by atoms with E-state index in [1.165, 1.54) is 24.0 Å². The number of amides is 1. The van der Waals surface area contributed by atoms with E-state index in [2.05, 4.69) is 4.74 Å². The maximum atomic E-state index is 12.3. The van der Waals surface area contributed by atoms with Crippen molar-refractivity contribution in [3.8, 4) is 5.75 Å². The summed E-state index contributed by atoms with van der Waals surface area (Å²) < 4.78 is 40.4. The summed E-state index contributed by atoms with van der Waals surface area (Å²) in [5, 5.41) is 9.08. The van der Waals surface area contributed by atoms with E-state index < -0.39 is 30.0 Å². The standard InChI is InChI=1S/C15H16F3NO4/c1-9(14(21)22)19(11-5-6-11)13(20)8-10-3-2-4-12(7-10)23-15(16,17)18/h2-4,7,9,11H,5-6,8H2,1H3,(H,21,22). The highest BCUT2D eigenvalue weighted by molar-refractivity contribution is 5.85. The quantitative estimate of drug-likeness (QED) is 0.870. The maximum absolute atomic E-state index is 12.3. The Labute approximate surface area is 130 Å². The largest absolute Gasteiger partial charge is 0.573 e. The van der Waals surface area contributed by atoms with Crippen LogP contribution in [0.3, 0.4) is 0 Å². The van der Waals surface area contributed by atoms with Crippen LogP contribution in [0, 0.1) is 0 Å². The molecule has 0 heterocycles. The lowest BCUT2D eigenvalue weighted by molar-refractivity contribution is -0.274. The Kier molecular flexibility index (Phi) is 4.82. The maximum Gasteiger partial charge on any atom is 0.573 e. The van der Waals surface area contributed by atoms with E-state index in [-0.39, 0.29) is 12.5 Å². The molecule has 1 aliphatic rings. The van der Waals surface area contributed by atoms with Crippen molar-refractivity contribution in [3.63, 3.8) is 0 Å². The average molecular weight is 331 g/mol. The summed E-state index contributed by atoms with van der Waals surface area (Å²) in [6.45, 7) is 1.42. The van der Waals surface area contributed by atoms with E-state index in [0.29, 0.717) is 5.56 Å². The molecule has 1 N–H and O–H groups in total. The predicted molar refractivity (Wildman–Crippen MR) is 73.8 cm³/mol. The Morgan fingerprint density at radius 1 is 1.39 bits per heavy atom. The molecule has 0 aliphatic heterocycles. The SMILES string of the molecule is CC(C(=O)O)N(C(=O)Cc1cccc(OC(F)(F)F)c1)C1CC1. The Hall–Kier alpha value is -2.25. The molecule has 1 saturated carbocycles. The van der Waals surface area contributed by atoms with Crippen molar-refractivity contribution in [3.05, 3.63) is 29.8 Å². The highest BCUT2D eigenvalue weighted by Crippen LogP contribution is 2.30. The normalized spacial score (nSPS) is 15.8. The van der Waals surface area contributed by atoms with Gasteiger partial charge in [0.15, 0.2) is 0 Å². The van der Waals surface area contributed by atoms with Crippen LogP contribution < -0.4 is 4.74 Å². The van der Waals surface area contributed by atoms with Crippen molar-refractivity contribution in [1.29, 1.82) is 0 Å². The van der Waals surface area contributed by atoms with E-state index in [1.807, 2.05) is 0 Å². The molecule has 1 aromatic rings. The molecule has 8 heteroatoms. The molecular formula is C15H16F3NO4. The monoisotopic (exact) mass is 331 g/mol. The van der Waals surface area contributed by atoms with Crippen molar-refractivity contribution in [2.75, 3.05) is 0 Å². The van der Waals surface area contributed by atoms with Crippen molar-refractivity contribution in [1.82, 2.24) is 4.90 Å². The zero-order chi connectivity index (χ0) is 17.2. The summed E-state index contributed by atoms with van der Waals surface area (Å²) in [7, 11) is 0. The van der Waals surface area contributed by atoms with E-state index in [4.69, 9.17) is 5.11 Å². The van der Waals surface area contributed by atoms with Crippen molar-refractivity contribution >= 4 is 11.9 Å². The van der Waals surface area contributed by atoms with Crippen molar-refractivity contribution in [2.45, 2.75) is 44.6 Å². The van der Waals surface area contributed by atoms with Crippen LogP contribution in [0.15, 0.2) is 24.3 Å². The predicted octanol–water partition coefficient (Wildman–Crippen LogP) is 2.59. The Morgan fingerprint density at radius 2 is 2.04 bits per heavy atom. The fourth-order valence-electron chi connectivity index (χ4n) is 2.33. The molecule has 0 radical (unpaired) electrons. The van der Waals surface area contributed by atoms with E-state index in [1.54, 1.807) is 0 Å². The van der Waals surface area contributed by atoms with Crippen LogP contribution >= 0.6 is 0 Å². The molecule has 0 spiro atoms. The average Bonchev–Trinajstić information content (AvgIpc) is 3.21. The first kappa shape index (κ1) is 17.1. The Morgan fingerprint density at radius 3 is 2.57 bits per heavy atom. The third kappa shape index (κ3) is 4.87. The summed E-state index contributed by atoms with van der Waals surface area (Å²) in [5.74, 6) is -1.95. The summed E-state index contributed by atoms with van der Waals surface area (Å²) in [5.41, 5.74) is 0.333. The van der Waals surface area contributed by atoms with Crippen LogP contribution in [0.25, 0.3) is 0 Å². The zero-order valence-corrected chi connectivity index (χ0v) is 12.3. The second kappa shape index (κ2) is 6.47. The van der Waals surface area contributed by atoms with Gasteiger partial charge in [-0.15, -0.1) is 13.2 Å². The van der Waals surface area contributed by atoms with E-state index >= 15 is 0 Å². The minimum Gasteiger partial charge on any atom is -0.480 e. The third-order valence-corrected chi connectivity index (χ3v) is 3.49. The number of alkyl halides is 3. The van der Waals surface area contributed by atoms with Crippen LogP contribution in [-0.2, 0) is 16.0 Å². The van der Waals surface area contributed by atoms with Crippen LogP contribution in [-0.4, -0.2) is 40.3 Å². The Bertz CT molecular complexity index is 599. The van der Waals surface area contributed by atoms with Gasteiger partial charge in [0.2, 0.25) is 5.91 Å². The van der Waals surface area contributed by atoms with Crippen molar-refractivity contribution in [2.24, 2.45) is 0 Å². The van der Waals surface area contributed by atoms with Gasteiger partial charge >= 0.3 is 12.3 Å². The number of carboxylic acid groups (broad SMARTS) is 1. The van der Waals surface area contributed by atoms with Gasteiger partial charge in [-0.2, -0.15) is 0 Å². The number of rotatable bonds is 6. The molecular weight excluding hydrogens is 315 g/mol. The number of ether oxygens (including phenoxy) is 1. The van der Waals surface area contributed by atoms with Gasteiger partial charge in [0.1, 0.15) is 11.8 Å². The smallest absolute Gasteiger partial charge is 0.480 e. The minimum absolute atomic E-state index is 0.108. The van der Waals surface area contributed by atoms with Gasteiger partial charge in [0.05, 0.1) is 6.42 Å². The second-order valence-corrected chi connectivity index (χ2v) is 5.42. The number of benzene rings is 1. The molecule has 126 valence electrons. The van der Waals surface area contributed by atoms with Crippen LogP contribution in [0.4, 0.5) is 13.2 Å². The first-order valence-corrected chi connectivity index (χ1v) is 7.06. The lowest BCUT2D eigenvalue weighted by atomic mass is 10.1. The highest BCUT2D eigenvalue weighted by Gasteiger charge is 2.38. The molecule has 1 fully saturated rings. The van der Waals surface area contributed by atoms with Crippen molar-refractivity contribution < 1.29 is 32.6 Å². The summed E-state index contributed by atoms with van der Waals surface area (Å²) in [6, 6.07) is 4.04. The number of nitrogens with zero attached hydrogens (tertiary/aromatic N) is 1. The number of halogens is 3. The number of hydrogen-bond donors (Lipinski definition) is 1. The van der Waals surface area contributed by atoms with Gasteiger partial charge in [-0.25, -0.2) is 4.79 Å². The van der Waals surface area contributed by atoms with Crippen LogP contribution in [0.2, 0.25) is 0 Å². The first-order chi connectivity index (χ1) is 10.7. The molecule has 0 aromatic heterocycles. The molecule has 0 saturated heterocycles. The lowest BCUT2D eigenvalue weighted by Crippen LogP contribution is -2.45. The zero-order valence-electron chi connectivity index (χ0n) is 12.3. The summed E-state index contributed by atoms with van der Waals surface area (Å²) in [6.07, 6.45) is -3.51. The Balaban J connectivity index is 2.09. The number of carbonyl (C=O) groups excluding carboxylic acids is 1. The first-order valence-electron chi connectivity index (χ1n) is 7.06. The van der Waals surface area contributed by atoms with Gasteiger partial charge in [0, 0.05) is 6.04 Å². The van der Waals surface area contributed by atoms with Gasteiger partial charge in [0.25, 0.3) is 0 Å². The van der Waals surface area contributed by atoms with Gasteiger partial charge in [-0.3, -0.25) is 4.79 Å². The minimum atomic E-state index is -4.81. The van der Waals surface area contributed by atoms with Gasteiger partial charge in [-0.05, 0) is 37.5 Å². The van der Waals surface area contributed by atoms with Gasteiger partial charge < -0.3 is 14.7 Å². The van der Waals surface area contributed by atoms with Gasteiger partial charge in [-0.1, -0.05) is 12.1 Å². The number of carbonyl (C=O) groups is 2. The van der Waals surface area contributed by atoms with Crippen LogP contribution in [0.1, 0.15) is 25.3 Å². The van der Waals surface area contributed by atoms with Crippen LogP contribution in [0.5, 0.6) is 5.75 Å². The molecule has 5 nitrogen and oxygen atoms in total. The number of carboxylic acids is 1. The summed E-state index contributed by atoms with van der Waals surface area (Å²) >= 11 is 0. The van der Waals surface area contributed by atoms with E-state index in [9.17, 15) is 22.8 Å². The highest BCUT2D eigenvalue weighted by atomic mass is 19.4. The molecule has 0 bridgehead atoms. The summed E-state index contributed by atoms with van der Waals surface area (Å²) in [4.78, 5) is 24.7. The second-order valence-electron chi connectivity index (χ2n) is 5.42. The number of aliphatic carboxylic acids is 1.